The summed E-state index contributed by atoms with van der Waals surface area (Å²) in [5, 5.41) is 12.2. The molecule has 0 spiro atoms. The number of hydrogen-bond donors (Lipinski definition) is 2. The molecule has 20 heavy (non-hydrogen) atoms. The molecule has 108 valence electrons. The summed E-state index contributed by atoms with van der Waals surface area (Å²) in [5.41, 5.74) is -0.987. The largest absolute Gasteiger partial charge is 0.480 e. The van der Waals surface area contributed by atoms with Crippen LogP contribution in [0.2, 0.25) is 10.3 Å². The quantitative estimate of drug-likeness (QED) is 0.840. The predicted molar refractivity (Wildman–Crippen MR) is 75.2 cm³/mol. The molecule has 1 aromatic heterocycles. The number of nitrogens with one attached hydrogen (secondary N) is 1. The zero-order chi connectivity index (χ0) is 14.8. The van der Waals surface area contributed by atoms with Crippen LogP contribution in [0, 0.1) is 0 Å². The molecule has 0 bridgehead atoms. The number of hydrogen-bond acceptors (Lipinski definition) is 3. The Hall–Kier alpha value is -1.33. The van der Waals surface area contributed by atoms with E-state index < -0.39 is 17.4 Å². The Morgan fingerprint density at radius 3 is 2.20 bits per heavy atom. The monoisotopic (exact) mass is 316 g/mol. The number of pyridine rings is 1. The van der Waals surface area contributed by atoms with Crippen molar-refractivity contribution >= 4 is 35.1 Å². The number of aliphatic carboxylic acids is 1. The average molecular weight is 317 g/mol. The topological polar surface area (TPSA) is 79.3 Å². The summed E-state index contributed by atoms with van der Waals surface area (Å²) in [6.07, 6.45) is 3.41. The number of rotatable bonds is 3. The highest BCUT2D eigenvalue weighted by Crippen LogP contribution is 2.29. The zero-order valence-corrected chi connectivity index (χ0v) is 12.2. The highest BCUT2D eigenvalue weighted by atomic mass is 35.5. The highest BCUT2D eigenvalue weighted by molar-refractivity contribution is 6.33. The molecule has 1 amide bonds. The third kappa shape index (κ3) is 3.22. The van der Waals surface area contributed by atoms with Gasteiger partial charge >= 0.3 is 5.97 Å². The number of carbonyl (C=O) groups is 2. The van der Waals surface area contributed by atoms with Crippen LogP contribution in [0.4, 0.5) is 0 Å². The van der Waals surface area contributed by atoms with Crippen LogP contribution >= 0.6 is 23.2 Å². The maximum absolute atomic E-state index is 12.2. The Labute approximate surface area is 126 Å². The van der Waals surface area contributed by atoms with E-state index in [4.69, 9.17) is 23.2 Å². The van der Waals surface area contributed by atoms with Gasteiger partial charge in [-0.05, 0) is 25.0 Å². The summed E-state index contributed by atoms with van der Waals surface area (Å²) in [7, 11) is 0. The molecule has 0 aromatic carbocycles. The van der Waals surface area contributed by atoms with Crippen LogP contribution < -0.4 is 5.32 Å². The minimum atomic E-state index is -1.20. The average Bonchev–Trinajstić information content (AvgIpc) is 2.38. The molecule has 0 unspecified atom stereocenters. The van der Waals surface area contributed by atoms with E-state index in [9.17, 15) is 14.7 Å². The second kappa shape index (κ2) is 5.97. The van der Waals surface area contributed by atoms with Crippen molar-refractivity contribution in [2.45, 2.75) is 37.6 Å². The fourth-order valence-corrected chi connectivity index (χ4v) is 2.89. The fourth-order valence-electron chi connectivity index (χ4n) is 2.43. The molecular weight excluding hydrogens is 303 g/mol. The molecule has 7 heteroatoms. The van der Waals surface area contributed by atoms with Crippen LogP contribution in [0.1, 0.15) is 42.5 Å². The fraction of sp³-hybridized carbons (Fsp3) is 0.462. The van der Waals surface area contributed by atoms with Gasteiger partial charge in [0.15, 0.2) is 0 Å². The zero-order valence-electron chi connectivity index (χ0n) is 10.7. The van der Waals surface area contributed by atoms with Crippen LogP contribution in [0.3, 0.4) is 0 Å². The minimum Gasteiger partial charge on any atom is -0.480 e. The molecule has 1 aromatic rings. The predicted octanol–water partition coefficient (Wildman–Crippen LogP) is 2.91. The molecule has 2 rings (SSSR count). The van der Waals surface area contributed by atoms with E-state index in [2.05, 4.69) is 10.3 Å². The first-order chi connectivity index (χ1) is 9.43. The molecule has 0 radical (unpaired) electrons. The lowest BCUT2D eigenvalue weighted by atomic mass is 9.81. The van der Waals surface area contributed by atoms with E-state index in [0.717, 1.165) is 19.3 Å². The Balaban J connectivity index is 2.22. The van der Waals surface area contributed by atoms with Gasteiger partial charge in [-0.15, -0.1) is 0 Å². The summed E-state index contributed by atoms with van der Waals surface area (Å²) < 4.78 is 0. The molecule has 0 saturated heterocycles. The Morgan fingerprint density at radius 1 is 1.15 bits per heavy atom. The van der Waals surface area contributed by atoms with Crippen molar-refractivity contribution < 1.29 is 14.7 Å². The molecule has 2 N–H and O–H groups in total. The van der Waals surface area contributed by atoms with E-state index in [1.165, 1.54) is 12.1 Å². The lowest BCUT2D eigenvalue weighted by molar-refractivity contribution is -0.145. The van der Waals surface area contributed by atoms with Crippen LogP contribution in [0.25, 0.3) is 0 Å². The first-order valence-corrected chi connectivity index (χ1v) is 7.07. The standard InChI is InChI=1S/C13H14Cl2N2O3/c14-9-6-8(7-10(15)16-9)11(18)17-13(12(19)20)4-2-1-3-5-13/h6-7H,1-5H2,(H,17,18)(H,19,20). The second-order valence-corrected chi connectivity index (χ2v) is 5.68. The van der Waals surface area contributed by atoms with Crippen molar-refractivity contribution in [1.29, 1.82) is 0 Å². The molecule has 1 aliphatic rings. The molecule has 1 aliphatic carbocycles. The van der Waals surface area contributed by atoms with Gasteiger partial charge in [-0.3, -0.25) is 4.79 Å². The third-order valence-corrected chi connectivity index (χ3v) is 3.88. The number of carbonyl (C=O) groups excluding carboxylic acids is 1. The van der Waals surface area contributed by atoms with E-state index in [1.807, 2.05) is 0 Å². The Morgan fingerprint density at radius 2 is 1.70 bits per heavy atom. The number of nitrogens with zero attached hydrogens (tertiary/aromatic N) is 1. The maximum atomic E-state index is 12.2. The third-order valence-electron chi connectivity index (χ3n) is 3.49. The number of aromatic nitrogens is 1. The Kier molecular flexibility index (Phi) is 4.50. The molecule has 0 aliphatic heterocycles. The molecular formula is C13H14Cl2N2O3. The molecule has 1 heterocycles. The van der Waals surface area contributed by atoms with Gasteiger partial charge in [0, 0.05) is 5.56 Å². The van der Waals surface area contributed by atoms with Crippen molar-refractivity contribution in [2.24, 2.45) is 0 Å². The molecule has 5 nitrogen and oxygen atoms in total. The number of amides is 1. The van der Waals surface area contributed by atoms with Crippen LogP contribution in [0.5, 0.6) is 0 Å². The van der Waals surface area contributed by atoms with E-state index in [-0.39, 0.29) is 15.9 Å². The van der Waals surface area contributed by atoms with Gasteiger partial charge in [0.2, 0.25) is 0 Å². The Bertz CT molecular complexity index is 522. The van der Waals surface area contributed by atoms with Crippen molar-refractivity contribution in [3.63, 3.8) is 0 Å². The smallest absolute Gasteiger partial charge is 0.329 e. The lowest BCUT2D eigenvalue weighted by Crippen LogP contribution is -2.55. The highest BCUT2D eigenvalue weighted by Gasteiger charge is 2.41. The van der Waals surface area contributed by atoms with Crippen molar-refractivity contribution in [3.8, 4) is 0 Å². The van der Waals surface area contributed by atoms with Crippen LogP contribution in [-0.4, -0.2) is 27.5 Å². The number of halogens is 2. The number of carboxylic acid groups (broad SMARTS) is 1. The van der Waals surface area contributed by atoms with Gasteiger partial charge in [0.25, 0.3) is 5.91 Å². The summed E-state index contributed by atoms with van der Waals surface area (Å²) >= 11 is 11.5. The van der Waals surface area contributed by atoms with Gasteiger partial charge in [0.05, 0.1) is 0 Å². The molecule has 1 saturated carbocycles. The lowest BCUT2D eigenvalue weighted by Gasteiger charge is -2.34. The SMILES string of the molecule is O=C(NC1(C(=O)O)CCCCC1)c1cc(Cl)nc(Cl)c1. The summed E-state index contributed by atoms with van der Waals surface area (Å²) in [5.74, 6) is -1.50. The number of carboxylic acids is 1. The van der Waals surface area contributed by atoms with Crippen LogP contribution in [0.15, 0.2) is 12.1 Å². The maximum Gasteiger partial charge on any atom is 0.329 e. The van der Waals surface area contributed by atoms with E-state index >= 15 is 0 Å². The van der Waals surface area contributed by atoms with E-state index in [0.29, 0.717) is 12.8 Å². The van der Waals surface area contributed by atoms with Gasteiger partial charge in [-0.25, -0.2) is 9.78 Å². The summed E-state index contributed by atoms with van der Waals surface area (Å²) in [4.78, 5) is 27.5. The second-order valence-electron chi connectivity index (χ2n) is 4.90. The first kappa shape index (κ1) is 15.1. The van der Waals surface area contributed by atoms with Crippen molar-refractivity contribution in [2.75, 3.05) is 0 Å². The van der Waals surface area contributed by atoms with Gasteiger partial charge in [0.1, 0.15) is 15.8 Å². The van der Waals surface area contributed by atoms with Gasteiger partial charge in [-0.1, -0.05) is 42.5 Å². The van der Waals surface area contributed by atoms with Crippen LogP contribution in [-0.2, 0) is 4.79 Å². The minimum absolute atomic E-state index is 0.0932. The summed E-state index contributed by atoms with van der Waals surface area (Å²) in [6, 6.07) is 2.72. The van der Waals surface area contributed by atoms with Crippen molar-refractivity contribution in [1.82, 2.24) is 10.3 Å². The van der Waals surface area contributed by atoms with Gasteiger partial charge in [-0.2, -0.15) is 0 Å². The van der Waals surface area contributed by atoms with Crippen molar-refractivity contribution in [3.05, 3.63) is 28.0 Å². The molecule has 0 atom stereocenters. The summed E-state index contributed by atoms with van der Waals surface area (Å²) in [6.45, 7) is 0. The van der Waals surface area contributed by atoms with Gasteiger partial charge < -0.3 is 10.4 Å². The first-order valence-electron chi connectivity index (χ1n) is 6.32. The van der Waals surface area contributed by atoms with E-state index in [1.54, 1.807) is 0 Å². The molecule has 1 fully saturated rings. The normalized spacial score (nSPS) is 17.5.